The number of benzene rings is 1. The van der Waals surface area contributed by atoms with Gasteiger partial charge < -0.3 is 19.5 Å². The second-order valence-electron chi connectivity index (χ2n) is 11.0. The summed E-state index contributed by atoms with van der Waals surface area (Å²) in [7, 11) is 0. The van der Waals surface area contributed by atoms with Gasteiger partial charge in [-0.25, -0.2) is 9.59 Å². The van der Waals surface area contributed by atoms with Crippen LogP contribution in [-0.4, -0.2) is 56.5 Å². The molecule has 0 spiro atoms. The summed E-state index contributed by atoms with van der Waals surface area (Å²) in [5.74, 6) is -1.78. The highest BCUT2D eigenvalue weighted by Crippen LogP contribution is 2.45. The molecule has 1 aromatic heterocycles. The highest BCUT2D eigenvalue weighted by molar-refractivity contribution is 5.95. The number of hydrogen-bond donors (Lipinski definition) is 1. The minimum absolute atomic E-state index is 0.101. The average Bonchev–Trinajstić information content (AvgIpc) is 3.05. The Balaban J connectivity index is 1.78. The van der Waals surface area contributed by atoms with Crippen LogP contribution in [0.3, 0.4) is 0 Å². The molecule has 33 heavy (non-hydrogen) atoms. The molecule has 0 radical (unpaired) electrons. The van der Waals surface area contributed by atoms with Crippen LogP contribution in [-0.2, 0) is 20.7 Å². The van der Waals surface area contributed by atoms with Crippen LogP contribution in [0.5, 0.6) is 0 Å². The van der Waals surface area contributed by atoms with Crippen LogP contribution in [0.2, 0.25) is 0 Å². The number of piperidine rings is 1. The van der Waals surface area contributed by atoms with Crippen LogP contribution >= 0.6 is 0 Å². The van der Waals surface area contributed by atoms with E-state index in [1.165, 1.54) is 4.57 Å². The van der Waals surface area contributed by atoms with E-state index in [1.54, 1.807) is 31.9 Å². The van der Waals surface area contributed by atoms with Crippen LogP contribution in [0, 0.1) is 5.92 Å². The van der Waals surface area contributed by atoms with E-state index in [1.807, 2.05) is 39.0 Å². The van der Waals surface area contributed by atoms with E-state index in [0.717, 1.165) is 22.0 Å². The lowest BCUT2D eigenvalue weighted by atomic mass is 9.72. The van der Waals surface area contributed by atoms with Crippen LogP contribution in [0.4, 0.5) is 9.59 Å². The van der Waals surface area contributed by atoms with Gasteiger partial charge in [-0.15, -0.1) is 0 Å². The zero-order valence-electron chi connectivity index (χ0n) is 20.0. The number of aliphatic carboxylic acids is 1. The first-order valence-corrected chi connectivity index (χ1v) is 11.3. The van der Waals surface area contributed by atoms with Gasteiger partial charge in [0.15, 0.2) is 0 Å². The molecule has 8 heteroatoms. The second-order valence-corrected chi connectivity index (χ2v) is 11.0. The largest absolute Gasteiger partial charge is 0.481 e. The number of amides is 1. The number of hydrogen-bond acceptors (Lipinski definition) is 5. The molecular weight excluding hydrogens is 424 g/mol. The number of nitrogens with zero attached hydrogens (tertiary/aromatic N) is 2. The van der Waals surface area contributed by atoms with E-state index in [-0.39, 0.29) is 18.5 Å². The Labute approximate surface area is 193 Å². The predicted molar refractivity (Wildman–Crippen MR) is 122 cm³/mol. The van der Waals surface area contributed by atoms with Crippen LogP contribution in [0.1, 0.15) is 65.0 Å². The molecule has 1 unspecified atom stereocenters. The molecule has 1 saturated heterocycles. The highest BCUT2D eigenvalue weighted by atomic mass is 16.6. The molecule has 8 nitrogen and oxygen atoms in total. The molecule has 1 fully saturated rings. The van der Waals surface area contributed by atoms with Gasteiger partial charge in [-0.05, 0) is 71.6 Å². The van der Waals surface area contributed by atoms with Crippen molar-refractivity contribution in [3.05, 3.63) is 35.5 Å². The molecule has 2 aromatic rings. The van der Waals surface area contributed by atoms with Crippen LogP contribution in [0.25, 0.3) is 10.9 Å². The second kappa shape index (κ2) is 7.78. The van der Waals surface area contributed by atoms with Gasteiger partial charge >= 0.3 is 18.2 Å². The Bertz CT molecular complexity index is 1120. The van der Waals surface area contributed by atoms with Crippen molar-refractivity contribution in [2.45, 2.75) is 77.5 Å². The van der Waals surface area contributed by atoms with Gasteiger partial charge in [0.1, 0.15) is 11.2 Å². The fourth-order valence-corrected chi connectivity index (χ4v) is 4.97. The van der Waals surface area contributed by atoms with Crippen molar-refractivity contribution in [1.29, 1.82) is 0 Å². The summed E-state index contributed by atoms with van der Waals surface area (Å²) in [5.41, 5.74) is 1.30. The van der Waals surface area contributed by atoms with Crippen molar-refractivity contribution >= 4 is 29.1 Å². The lowest BCUT2D eigenvalue weighted by Crippen LogP contribution is -2.54. The number of ether oxygens (including phenoxy) is 2. The Hall–Kier alpha value is -3.03. The number of carboxylic acid groups (broad SMARTS) is 1. The number of carbonyl (C=O) groups is 3. The molecule has 1 aliphatic carbocycles. The molecule has 0 bridgehead atoms. The maximum Gasteiger partial charge on any atom is 0.419 e. The predicted octanol–water partition coefficient (Wildman–Crippen LogP) is 4.77. The van der Waals surface area contributed by atoms with Crippen molar-refractivity contribution in [3.63, 3.8) is 0 Å². The zero-order valence-corrected chi connectivity index (χ0v) is 20.0. The highest BCUT2D eigenvalue weighted by Gasteiger charge is 2.46. The zero-order chi connectivity index (χ0) is 24.3. The standard InChI is InChI=1S/C25H32N2O6/c1-24(2,3)32-22(30)26-12-14-11-19-17(16-8-7-9-18(26)20(14)16)10-15(21(28)29)13-27(19)23(31)33-25(4,5)6/h7-9,12,15,17,19H,10-11,13H2,1-6H3,(H,28,29)/t15?,17-,19-/m1/s1. The Kier molecular flexibility index (Phi) is 5.46. The summed E-state index contributed by atoms with van der Waals surface area (Å²) in [4.78, 5) is 39.5. The van der Waals surface area contributed by atoms with E-state index in [4.69, 9.17) is 9.47 Å². The van der Waals surface area contributed by atoms with Gasteiger partial charge in [0.25, 0.3) is 0 Å². The lowest BCUT2D eigenvalue weighted by Gasteiger charge is -2.46. The topological polar surface area (TPSA) is 98.1 Å². The van der Waals surface area contributed by atoms with Gasteiger partial charge in [-0.2, -0.15) is 0 Å². The number of fused-ring (bicyclic) bond motifs is 2. The summed E-state index contributed by atoms with van der Waals surface area (Å²) >= 11 is 0. The number of likely N-dealkylation sites (tertiary alicyclic amines) is 1. The first-order valence-electron chi connectivity index (χ1n) is 11.3. The van der Waals surface area contributed by atoms with Gasteiger partial charge in [-0.3, -0.25) is 9.36 Å². The molecule has 1 N–H and O–H groups in total. The van der Waals surface area contributed by atoms with Crippen molar-refractivity contribution < 1.29 is 29.0 Å². The first-order chi connectivity index (χ1) is 15.2. The average molecular weight is 457 g/mol. The Morgan fingerprint density at radius 1 is 1.00 bits per heavy atom. The molecule has 1 aliphatic heterocycles. The molecule has 0 saturated carbocycles. The maximum absolute atomic E-state index is 13.1. The molecular formula is C25H32N2O6. The Morgan fingerprint density at radius 2 is 1.64 bits per heavy atom. The molecule has 1 amide bonds. The third kappa shape index (κ3) is 4.43. The summed E-state index contributed by atoms with van der Waals surface area (Å²) in [6.07, 6.45) is 1.75. The smallest absolute Gasteiger partial charge is 0.419 e. The van der Waals surface area contributed by atoms with Crippen molar-refractivity contribution in [1.82, 2.24) is 9.47 Å². The number of carbonyl (C=O) groups excluding carboxylic acids is 2. The van der Waals surface area contributed by atoms with E-state index in [9.17, 15) is 19.5 Å². The van der Waals surface area contributed by atoms with E-state index < -0.39 is 35.3 Å². The van der Waals surface area contributed by atoms with Gasteiger partial charge in [0.2, 0.25) is 0 Å². The summed E-state index contributed by atoms with van der Waals surface area (Å²) in [6.45, 7) is 10.9. The lowest BCUT2D eigenvalue weighted by molar-refractivity contribution is -0.144. The summed E-state index contributed by atoms with van der Waals surface area (Å²) in [5, 5.41) is 10.7. The fourth-order valence-electron chi connectivity index (χ4n) is 4.97. The quantitative estimate of drug-likeness (QED) is 0.664. The normalized spacial score (nSPS) is 22.6. The molecule has 1 aromatic carbocycles. The van der Waals surface area contributed by atoms with E-state index in [0.29, 0.717) is 12.8 Å². The minimum Gasteiger partial charge on any atom is -0.481 e. The van der Waals surface area contributed by atoms with Crippen LogP contribution in [0.15, 0.2) is 24.4 Å². The Morgan fingerprint density at radius 3 is 2.24 bits per heavy atom. The fraction of sp³-hybridized carbons (Fsp3) is 0.560. The number of carboxylic acids is 1. The van der Waals surface area contributed by atoms with E-state index >= 15 is 0 Å². The van der Waals surface area contributed by atoms with Crippen molar-refractivity contribution in [2.75, 3.05) is 6.54 Å². The van der Waals surface area contributed by atoms with Gasteiger partial charge in [-0.1, -0.05) is 12.1 Å². The summed E-state index contributed by atoms with van der Waals surface area (Å²) in [6, 6.07) is 5.46. The third-order valence-corrected chi connectivity index (χ3v) is 6.16. The monoisotopic (exact) mass is 456 g/mol. The molecule has 2 aliphatic rings. The maximum atomic E-state index is 13.1. The first kappa shape index (κ1) is 23.1. The van der Waals surface area contributed by atoms with Crippen LogP contribution < -0.4 is 0 Å². The van der Waals surface area contributed by atoms with Gasteiger partial charge in [0, 0.05) is 30.1 Å². The van der Waals surface area contributed by atoms with Crippen molar-refractivity contribution in [3.8, 4) is 0 Å². The summed E-state index contributed by atoms with van der Waals surface area (Å²) < 4.78 is 12.7. The number of rotatable bonds is 1. The number of aromatic nitrogens is 1. The van der Waals surface area contributed by atoms with Crippen molar-refractivity contribution in [2.24, 2.45) is 5.92 Å². The van der Waals surface area contributed by atoms with Gasteiger partial charge in [0.05, 0.1) is 11.4 Å². The molecule has 178 valence electrons. The third-order valence-electron chi connectivity index (χ3n) is 6.16. The molecule has 2 heterocycles. The van der Waals surface area contributed by atoms with E-state index in [2.05, 4.69) is 0 Å². The molecule has 3 atom stereocenters. The minimum atomic E-state index is -0.925. The SMILES string of the molecule is CC(C)(C)OC(=O)N1CC(C(=O)O)C[C@@H]2c3cccc4c3c(cn4C(=O)OC(C)(C)C)C[C@H]21. The molecule has 4 rings (SSSR count).